The third kappa shape index (κ3) is 2.63. The molecule has 1 aliphatic rings. The van der Waals surface area contributed by atoms with Crippen molar-refractivity contribution in [3.8, 4) is 0 Å². The van der Waals surface area contributed by atoms with Gasteiger partial charge in [0.15, 0.2) is 0 Å². The third-order valence-corrected chi connectivity index (χ3v) is 5.18. The van der Waals surface area contributed by atoms with Gasteiger partial charge in [-0.3, -0.25) is 4.79 Å². The van der Waals surface area contributed by atoms with Crippen LogP contribution in [0.5, 0.6) is 0 Å². The Balaban J connectivity index is 2.38. The summed E-state index contributed by atoms with van der Waals surface area (Å²) in [5.74, 6) is -0.601. The molecule has 0 spiro atoms. The molecule has 2 rings (SSSR count). The van der Waals surface area contributed by atoms with Crippen molar-refractivity contribution < 1.29 is 13.2 Å². The van der Waals surface area contributed by atoms with E-state index in [1.807, 2.05) is 0 Å². The van der Waals surface area contributed by atoms with Crippen LogP contribution in [0.15, 0.2) is 29.2 Å². The Bertz CT molecular complexity index is 586. The summed E-state index contributed by atoms with van der Waals surface area (Å²) < 4.78 is 26.2. The first-order valence-electron chi connectivity index (χ1n) is 6.07. The number of amides is 1. The molecule has 1 saturated heterocycles. The van der Waals surface area contributed by atoms with Crippen LogP contribution in [-0.4, -0.2) is 31.2 Å². The highest BCUT2D eigenvalue weighted by Gasteiger charge is 2.38. The summed E-state index contributed by atoms with van der Waals surface area (Å²) in [6, 6.07) is 5.70. The van der Waals surface area contributed by atoms with Gasteiger partial charge in [-0.05, 0) is 30.5 Å². The first-order valence-corrected chi connectivity index (χ1v) is 7.51. The van der Waals surface area contributed by atoms with Crippen molar-refractivity contribution in [1.82, 2.24) is 4.31 Å². The molecule has 4 N–H and O–H groups in total. The van der Waals surface area contributed by atoms with Crippen LogP contribution in [0.3, 0.4) is 0 Å². The lowest BCUT2D eigenvalue weighted by Gasteiger charge is -2.21. The van der Waals surface area contributed by atoms with Gasteiger partial charge in [0, 0.05) is 13.1 Å². The molecule has 0 radical (unpaired) electrons. The fraction of sp³-hybridized carbons (Fsp3) is 0.417. The van der Waals surface area contributed by atoms with Crippen molar-refractivity contribution in [2.24, 2.45) is 11.5 Å². The lowest BCUT2D eigenvalue weighted by molar-refractivity contribution is -0.121. The molecule has 1 aromatic rings. The van der Waals surface area contributed by atoms with Gasteiger partial charge in [-0.1, -0.05) is 12.1 Å². The smallest absolute Gasteiger partial charge is 0.243 e. The van der Waals surface area contributed by atoms with Gasteiger partial charge in [0.2, 0.25) is 15.9 Å². The SMILES string of the molecule is NCc1cccc(S(=O)(=O)N2CCCC2C(N)=O)c1. The molecule has 19 heavy (non-hydrogen) atoms. The molecule has 1 heterocycles. The summed E-state index contributed by atoms with van der Waals surface area (Å²) in [5, 5.41) is 0. The second-order valence-electron chi connectivity index (χ2n) is 4.53. The van der Waals surface area contributed by atoms with E-state index < -0.39 is 22.0 Å². The molecule has 1 atom stereocenters. The molecule has 104 valence electrons. The minimum Gasteiger partial charge on any atom is -0.368 e. The highest BCUT2D eigenvalue weighted by atomic mass is 32.2. The summed E-state index contributed by atoms with van der Waals surface area (Å²) in [4.78, 5) is 11.5. The molecular weight excluding hydrogens is 266 g/mol. The number of benzene rings is 1. The zero-order valence-electron chi connectivity index (χ0n) is 10.5. The molecule has 1 unspecified atom stereocenters. The molecule has 1 amide bonds. The number of carbonyl (C=O) groups is 1. The van der Waals surface area contributed by atoms with Crippen LogP contribution in [-0.2, 0) is 21.4 Å². The number of nitrogens with two attached hydrogens (primary N) is 2. The molecule has 7 heteroatoms. The first kappa shape index (κ1) is 14.0. The average molecular weight is 283 g/mol. The Kier molecular flexibility index (Phi) is 3.88. The van der Waals surface area contributed by atoms with E-state index in [9.17, 15) is 13.2 Å². The Labute approximate surface area is 112 Å². The molecule has 0 bridgehead atoms. The number of primary amides is 1. The summed E-state index contributed by atoms with van der Waals surface area (Å²) in [5.41, 5.74) is 11.5. The topological polar surface area (TPSA) is 106 Å². The van der Waals surface area contributed by atoms with Crippen molar-refractivity contribution in [1.29, 1.82) is 0 Å². The van der Waals surface area contributed by atoms with Gasteiger partial charge in [0.1, 0.15) is 6.04 Å². The molecule has 0 aliphatic carbocycles. The van der Waals surface area contributed by atoms with Crippen molar-refractivity contribution in [2.75, 3.05) is 6.54 Å². The van der Waals surface area contributed by atoms with Crippen LogP contribution < -0.4 is 11.5 Å². The zero-order valence-corrected chi connectivity index (χ0v) is 11.3. The number of hydrogen-bond acceptors (Lipinski definition) is 4. The van der Waals surface area contributed by atoms with E-state index in [4.69, 9.17) is 11.5 Å². The van der Waals surface area contributed by atoms with Crippen LogP contribution in [0.25, 0.3) is 0 Å². The van der Waals surface area contributed by atoms with E-state index in [1.165, 1.54) is 16.4 Å². The number of hydrogen-bond donors (Lipinski definition) is 2. The summed E-state index contributed by atoms with van der Waals surface area (Å²) in [6.45, 7) is 0.589. The van der Waals surface area contributed by atoms with Crippen LogP contribution in [0.2, 0.25) is 0 Å². The number of rotatable bonds is 4. The highest BCUT2D eigenvalue weighted by molar-refractivity contribution is 7.89. The molecule has 6 nitrogen and oxygen atoms in total. The molecule has 0 aromatic heterocycles. The minimum absolute atomic E-state index is 0.156. The Morgan fingerprint density at radius 1 is 1.42 bits per heavy atom. The van der Waals surface area contributed by atoms with Gasteiger partial charge < -0.3 is 11.5 Å². The van der Waals surface area contributed by atoms with Crippen LogP contribution in [0.1, 0.15) is 18.4 Å². The first-order chi connectivity index (χ1) is 8.96. The van der Waals surface area contributed by atoms with Gasteiger partial charge in [0.05, 0.1) is 4.90 Å². The fourth-order valence-corrected chi connectivity index (χ4v) is 4.02. The normalized spacial score (nSPS) is 20.6. The predicted molar refractivity (Wildman–Crippen MR) is 70.4 cm³/mol. The Hall–Kier alpha value is -1.44. The van der Waals surface area contributed by atoms with E-state index in [0.717, 1.165) is 5.56 Å². The van der Waals surface area contributed by atoms with Crippen molar-refractivity contribution in [2.45, 2.75) is 30.3 Å². The second-order valence-corrected chi connectivity index (χ2v) is 6.42. The lowest BCUT2D eigenvalue weighted by Crippen LogP contribution is -2.43. The summed E-state index contributed by atoms with van der Waals surface area (Å²) >= 11 is 0. The summed E-state index contributed by atoms with van der Waals surface area (Å²) in [6.07, 6.45) is 1.12. The third-order valence-electron chi connectivity index (χ3n) is 3.27. The second kappa shape index (κ2) is 5.28. The molecule has 0 saturated carbocycles. The van der Waals surface area contributed by atoms with Crippen molar-refractivity contribution in [3.05, 3.63) is 29.8 Å². The average Bonchev–Trinajstić information content (AvgIpc) is 2.89. The maximum Gasteiger partial charge on any atom is 0.243 e. The maximum atomic E-state index is 12.5. The van der Waals surface area contributed by atoms with Crippen LogP contribution in [0.4, 0.5) is 0 Å². The number of carbonyl (C=O) groups excluding carboxylic acids is 1. The quantitative estimate of drug-likeness (QED) is 0.796. The molecule has 1 aromatic carbocycles. The van der Waals surface area contributed by atoms with Crippen LogP contribution >= 0.6 is 0 Å². The fourth-order valence-electron chi connectivity index (χ4n) is 2.28. The van der Waals surface area contributed by atoms with Crippen molar-refractivity contribution in [3.63, 3.8) is 0 Å². The predicted octanol–water partition coefficient (Wildman–Crippen LogP) is -0.216. The van der Waals surface area contributed by atoms with E-state index in [0.29, 0.717) is 19.4 Å². The maximum absolute atomic E-state index is 12.5. The van der Waals surface area contributed by atoms with E-state index >= 15 is 0 Å². The summed E-state index contributed by atoms with van der Waals surface area (Å²) in [7, 11) is -3.69. The molecule has 1 fully saturated rings. The highest BCUT2D eigenvalue weighted by Crippen LogP contribution is 2.26. The standard InChI is InChI=1S/C12H17N3O3S/c13-8-9-3-1-4-10(7-9)19(17,18)15-6-2-5-11(15)12(14)16/h1,3-4,7,11H,2,5-6,8,13H2,(H2,14,16). The minimum atomic E-state index is -3.69. The van der Waals surface area contributed by atoms with Gasteiger partial charge in [-0.15, -0.1) is 0 Å². The Morgan fingerprint density at radius 2 is 2.16 bits per heavy atom. The molecular formula is C12H17N3O3S. The molecule has 1 aliphatic heterocycles. The van der Waals surface area contributed by atoms with E-state index in [1.54, 1.807) is 12.1 Å². The van der Waals surface area contributed by atoms with Gasteiger partial charge in [0.25, 0.3) is 0 Å². The van der Waals surface area contributed by atoms with Gasteiger partial charge in [-0.25, -0.2) is 8.42 Å². The van der Waals surface area contributed by atoms with Gasteiger partial charge in [-0.2, -0.15) is 4.31 Å². The van der Waals surface area contributed by atoms with Crippen molar-refractivity contribution >= 4 is 15.9 Å². The monoisotopic (exact) mass is 283 g/mol. The van der Waals surface area contributed by atoms with E-state index in [2.05, 4.69) is 0 Å². The number of nitrogens with zero attached hydrogens (tertiary/aromatic N) is 1. The number of sulfonamides is 1. The largest absolute Gasteiger partial charge is 0.368 e. The van der Waals surface area contributed by atoms with Gasteiger partial charge >= 0.3 is 0 Å². The lowest BCUT2D eigenvalue weighted by atomic mass is 10.2. The van der Waals surface area contributed by atoms with E-state index in [-0.39, 0.29) is 11.4 Å². The zero-order chi connectivity index (χ0) is 14.0. The van der Waals surface area contributed by atoms with Crippen LogP contribution in [0, 0.1) is 0 Å². The Morgan fingerprint density at radius 3 is 2.79 bits per heavy atom.